The van der Waals surface area contributed by atoms with Crippen LogP contribution in [-0.4, -0.2) is 78.0 Å². The van der Waals surface area contributed by atoms with Crippen LogP contribution in [0.3, 0.4) is 0 Å². The number of hydrogen-bond acceptors (Lipinski definition) is 13. The summed E-state index contributed by atoms with van der Waals surface area (Å²) >= 11 is 0. The Kier molecular flexibility index (Phi) is 45.2. The predicted octanol–water partition coefficient (Wildman–Crippen LogP) is 23.6. The summed E-state index contributed by atoms with van der Waals surface area (Å²) in [5.41, 5.74) is 16.6. The summed E-state index contributed by atoms with van der Waals surface area (Å²) in [5, 5.41) is 10.2. The van der Waals surface area contributed by atoms with E-state index in [1.54, 1.807) is 87.6 Å². The largest absolute Gasteiger partial charge is 0.481 e. The van der Waals surface area contributed by atoms with E-state index in [-0.39, 0.29) is 17.6 Å². The van der Waals surface area contributed by atoms with Crippen LogP contribution in [0.15, 0.2) is 214 Å². The van der Waals surface area contributed by atoms with E-state index in [2.05, 4.69) is 206 Å². The highest BCUT2D eigenvalue weighted by Crippen LogP contribution is 2.53. The molecule has 0 saturated heterocycles. The van der Waals surface area contributed by atoms with E-state index in [1.807, 2.05) is 99.6 Å². The van der Waals surface area contributed by atoms with Gasteiger partial charge in [0.15, 0.2) is 5.78 Å². The number of Topliss-reactive ketones (excluding diaryl/α,β-unsaturated/α-hetero) is 1. The fraction of sp³-hybridized carbons (Fsp3) is 0.470. The molecule has 0 spiro atoms. The number of hydrogen-bond donors (Lipinski definition) is 1. The summed E-state index contributed by atoms with van der Waals surface area (Å²) < 4.78 is 23.8. The Bertz CT molecular complexity index is 4370. The first-order valence-electron chi connectivity index (χ1n) is 41.9. The molecule has 2 saturated carbocycles. The lowest BCUT2D eigenvalue weighted by Crippen LogP contribution is -2.28. The molecule has 0 unspecified atom stereocenters. The number of benzene rings is 1. The number of carbonyl (C=O) groups is 2. The standard InChI is InChI=1S/C13H19N.C13H15N.C12H18N2O.2C12H17N.C10H14FNO.C10H15NO.C9H14NO.C9H11NO/c1-11(2)9-13(5-6-13)10-12-3-7-14-8-4-12;1-10(2)9-11-7-8-14-13-6-4-3-5-12(11)13;1-9(2)7-11-5-6-13-8-12(11)14(4)10(3)15;1-9(2)7-11-5-6-13-8-12(11)10-3-4-10;1-10(2)8-11(3)9-12-4-6-13-7-5-12;1-7(2)4-8-5-9(11)12-10(6-8)13-3;1-8(2)6-9-4-5-11-10(7-9)12-3;1-8(2)7-9-3-5-10(11)6-4-9;1-7(2)9(11)8-3-5-10-6-4-8/h3-4,7-8,11H,5-6,9-10H2,1-2H3;3-8,10H,9H2,1-2H3;5-6,8-9H,7H2,1-4H3;5-6,8-10H,3-4,7H2,1-2H3;4-7,10H,3,8-9H2,1-2H3;5-7H,4H2,1-3H3;4-5,7-8H,6H2,1-3H3;3-6,8,11H,7H2,1-2H3;3-7H,1-2H3/q;;;;;;;+1;. The van der Waals surface area contributed by atoms with Gasteiger partial charge in [-0.15, -0.1) is 0 Å². The van der Waals surface area contributed by atoms with Crippen molar-refractivity contribution in [3.8, 4) is 11.8 Å². The van der Waals surface area contributed by atoms with Gasteiger partial charge in [-0.1, -0.05) is 155 Å². The Morgan fingerprint density at radius 2 is 0.991 bits per heavy atom. The number of fused-ring (bicyclic) bond motifs is 1. The molecule has 2 fully saturated rings. The summed E-state index contributed by atoms with van der Waals surface area (Å²) in [6, 6.07) is 37.6. The monoisotopic (exact) mass is 1580 g/mol. The second-order valence-electron chi connectivity index (χ2n) is 34.4. The molecule has 0 bridgehead atoms. The third kappa shape index (κ3) is 41.6. The lowest BCUT2D eigenvalue weighted by Gasteiger charge is -2.19. The number of rotatable bonds is 26. The summed E-state index contributed by atoms with van der Waals surface area (Å²) in [6.45, 7) is 44.8. The number of pyridine rings is 9. The number of carbonyl (C=O) groups excluding carboxylic acids is 2. The molecule has 0 atom stereocenters. The van der Waals surface area contributed by atoms with Gasteiger partial charge in [-0.2, -0.15) is 9.37 Å². The quantitative estimate of drug-likeness (QED) is 0.0178. The number of amides is 1. The molecule has 116 heavy (non-hydrogen) atoms. The fourth-order valence-corrected chi connectivity index (χ4v) is 13.2. The van der Waals surface area contributed by atoms with Crippen molar-refractivity contribution in [3.05, 3.63) is 276 Å². The van der Waals surface area contributed by atoms with Gasteiger partial charge in [0.05, 0.1) is 31.6 Å². The van der Waals surface area contributed by atoms with E-state index in [1.165, 1.54) is 114 Å². The van der Waals surface area contributed by atoms with Crippen molar-refractivity contribution in [2.45, 2.75) is 227 Å². The molecule has 12 rings (SSSR count). The molecule has 0 aliphatic heterocycles. The SMILES string of the molecule is C=C(Cc1ccncc1)CC(C)C.CC(=O)N(C)c1cnccc1CC(C)C.CC(C)C(=O)c1ccncc1.CC(C)CC1(Cc2ccncc2)CC1.CC(C)Cc1cc[n+](O)cc1.CC(C)Cc1ccnc2ccccc12.CC(C)Cc1ccncc1C1CC1.COc1cc(CC(C)C)cc(F)n1.COc1cc(CC(C)C)ccn1. The molecule has 10 aromatic rings. The number of ketones is 1. The van der Waals surface area contributed by atoms with Gasteiger partial charge in [-0.25, -0.2) is 4.98 Å². The average Bonchev–Trinajstić information content (AvgIpc) is 1.66. The lowest BCUT2D eigenvalue weighted by atomic mass is 9.88. The van der Waals surface area contributed by atoms with E-state index < -0.39 is 5.95 Å². The Morgan fingerprint density at radius 3 is 1.52 bits per heavy atom. The van der Waals surface area contributed by atoms with Gasteiger partial charge in [-0.3, -0.25) is 44.7 Å². The summed E-state index contributed by atoms with van der Waals surface area (Å²) in [7, 11) is 4.91. The second-order valence-corrected chi connectivity index (χ2v) is 34.4. The average molecular weight is 1580 g/mol. The van der Waals surface area contributed by atoms with Crippen molar-refractivity contribution < 1.29 is 33.4 Å². The zero-order chi connectivity index (χ0) is 85.7. The van der Waals surface area contributed by atoms with Crippen molar-refractivity contribution in [2.75, 3.05) is 26.2 Å². The Morgan fingerprint density at radius 1 is 0.517 bits per heavy atom. The summed E-state index contributed by atoms with van der Waals surface area (Å²) in [4.78, 5) is 56.4. The third-order valence-electron chi connectivity index (χ3n) is 18.7. The molecule has 16 heteroatoms. The number of anilines is 1. The molecule has 15 nitrogen and oxygen atoms in total. The summed E-state index contributed by atoms with van der Waals surface area (Å²) in [5.74, 6) is 7.09. The third-order valence-corrected chi connectivity index (χ3v) is 18.7. The van der Waals surface area contributed by atoms with Crippen LogP contribution in [0.25, 0.3) is 10.9 Å². The van der Waals surface area contributed by atoms with E-state index >= 15 is 0 Å². The first kappa shape index (κ1) is 98.4. The van der Waals surface area contributed by atoms with Gasteiger partial charge in [-0.05, 0) is 271 Å². The molecule has 2 aliphatic carbocycles. The highest BCUT2D eigenvalue weighted by Gasteiger charge is 2.42. The van der Waals surface area contributed by atoms with Crippen molar-refractivity contribution in [1.29, 1.82) is 0 Å². The number of methoxy groups -OCH3 is 2. The molecule has 1 N–H and O–H groups in total. The molecule has 1 aromatic carbocycles. The van der Waals surface area contributed by atoms with Gasteiger partial charge in [0, 0.05) is 128 Å². The van der Waals surface area contributed by atoms with Gasteiger partial charge in [0.25, 0.3) is 0 Å². The molecule has 626 valence electrons. The minimum absolute atomic E-state index is 0.0352. The van der Waals surface area contributed by atoms with Crippen LogP contribution in [0.2, 0.25) is 0 Å². The van der Waals surface area contributed by atoms with E-state index in [0.29, 0.717) is 52.7 Å². The molecular formula is C100H140FN10O5+. The predicted molar refractivity (Wildman–Crippen MR) is 477 cm³/mol. The van der Waals surface area contributed by atoms with Gasteiger partial charge in [0.2, 0.25) is 36.0 Å². The molecule has 1 amide bonds. The summed E-state index contributed by atoms with van der Waals surface area (Å²) in [6.07, 6.45) is 41.9. The maximum atomic E-state index is 12.9. The van der Waals surface area contributed by atoms with Crippen molar-refractivity contribution >= 4 is 28.3 Å². The lowest BCUT2D eigenvalue weighted by molar-refractivity contribution is -0.904. The van der Waals surface area contributed by atoms with Crippen LogP contribution in [-0.2, 0) is 56.2 Å². The molecule has 9 heterocycles. The number of halogens is 1. The number of nitrogens with zero attached hydrogens (tertiary/aromatic N) is 10. The van der Waals surface area contributed by atoms with Gasteiger partial charge >= 0.3 is 0 Å². The van der Waals surface area contributed by atoms with Crippen molar-refractivity contribution in [3.63, 3.8) is 0 Å². The van der Waals surface area contributed by atoms with Gasteiger partial charge in [0.1, 0.15) is 0 Å². The maximum absolute atomic E-state index is 12.9. The first-order valence-corrected chi connectivity index (χ1v) is 41.9. The minimum atomic E-state index is -0.477. The van der Waals surface area contributed by atoms with Crippen LogP contribution in [0.1, 0.15) is 236 Å². The zero-order valence-electron chi connectivity index (χ0n) is 74.4. The highest BCUT2D eigenvalue weighted by atomic mass is 19.1. The second kappa shape index (κ2) is 53.3. The van der Waals surface area contributed by atoms with E-state index in [9.17, 15) is 14.0 Å². The molecule has 0 radical (unpaired) electrons. The number of para-hydroxylation sites is 1. The number of ether oxygens (including phenoxy) is 2. The normalized spacial score (nSPS) is 12.1. The molecular weight excluding hydrogens is 1440 g/mol. The smallest absolute Gasteiger partial charge is 0.223 e. The topological polar surface area (TPSA) is 183 Å². The Hall–Kier alpha value is -9.96. The van der Waals surface area contributed by atoms with E-state index in [0.717, 1.165) is 89.8 Å². The van der Waals surface area contributed by atoms with Crippen molar-refractivity contribution in [2.24, 2.45) is 58.7 Å². The van der Waals surface area contributed by atoms with Crippen LogP contribution in [0.5, 0.6) is 11.8 Å². The Labute approximate surface area is 697 Å². The minimum Gasteiger partial charge on any atom is -0.481 e. The van der Waals surface area contributed by atoms with Crippen LogP contribution in [0, 0.1) is 64.6 Å². The zero-order valence-corrected chi connectivity index (χ0v) is 74.4. The van der Waals surface area contributed by atoms with Crippen LogP contribution in [0.4, 0.5) is 10.1 Å². The first-order chi connectivity index (χ1) is 55.2. The van der Waals surface area contributed by atoms with E-state index in [4.69, 9.17) is 14.7 Å². The van der Waals surface area contributed by atoms with Gasteiger partial charge < -0.3 is 14.4 Å². The molecule has 2 aliphatic rings. The fourth-order valence-electron chi connectivity index (χ4n) is 13.2. The number of allylic oxidation sites excluding steroid dienone is 1. The number of aromatic nitrogens is 9. The maximum Gasteiger partial charge on any atom is 0.223 e. The molecule has 9 aromatic heterocycles. The van der Waals surface area contributed by atoms with Crippen LogP contribution >= 0.6 is 0 Å². The highest BCUT2D eigenvalue weighted by molar-refractivity contribution is 5.97. The van der Waals surface area contributed by atoms with Crippen LogP contribution < -0.4 is 19.1 Å². The Balaban J connectivity index is 0.000000275. The van der Waals surface area contributed by atoms with Crippen molar-refractivity contribution in [1.82, 2.24) is 39.9 Å².